The predicted molar refractivity (Wildman–Crippen MR) is 83.7 cm³/mol. The van der Waals surface area contributed by atoms with E-state index in [0.29, 0.717) is 24.7 Å². The zero-order valence-electron chi connectivity index (χ0n) is 12.2. The van der Waals surface area contributed by atoms with Crippen LogP contribution in [0.5, 0.6) is 5.75 Å². The molecule has 0 bridgehead atoms. The van der Waals surface area contributed by atoms with Crippen LogP contribution in [0.1, 0.15) is 5.56 Å². The minimum Gasteiger partial charge on any atom is -0.489 e. The molecule has 116 valence electrons. The van der Waals surface area contributed by atoms with Crippen LogP contribution in [-0.2, 0) is 14.8 Å². The normalized spacial score (nSPS) is 17.0. The topological polar surface area (TPSA) is 67.9 Å². The third-order valence-electron chi connectivity index (χ3n) is 3.26. The number of nitrogens with one attached hydrogen (secondary N) is 1. The van der Waals surface area contributed by atoms with Crippen LogP contribution in [0.2, 0.25) is 0 Å². The van der Waals surface area contributed by atoms with Crippen LogP contribution in [0.3, 0.4) is 0 Å². The highest BCUT2D eigenvalue weighted by molar-refractivity contribution is 7.92. The largest absolute Gasteiger partial charge is 0.489 e. The molecule has 1 fully saturated rings. The van der Waals surface area contributed by atoms with Crippen LogP contribution in [0.15, 0.2) is 53.4 Å². The Bertz CT molecular complexity index is 755. The Kier molecular flexibility index (Phi) is 4.04. The third-order valence-corrected chi connectivity index (χ3v) is 4.64. The molecule has 0 saturated carbocycles. The molecular formula is C16H17NO4S. The molecule has 0 radical (unpaired) electrons. The van der Waals surface area contributed by atoms with Gasteiger partial charge in [0.2, 0.25) is 0 Å². The maximum absolute atomic E-state index is 12.4. The fourth-order valence-electron chi connectivity index (χ4n) is 2.00. The lowest BCUT2D eigenvalue weighted by molar-refractivity contribution is 0.264. The van der Waals surface area contributed by atoms with E-state index in [1.807, 2.05) is 13.0 Å². The van der Waals surface area contributed by atoms with E-state index in [2.05, 4.69) is 4.72 Å². The molecule has 0 aromatic heterocycles. The SMILES string of the molecule is Cc1ccc(OCC2CO2)c(NS(=O)(=O)c2ccccc2)c1. The highest BCUT2D eigenvalue weighted by Crippen LogP contribution is 2.29. The first-order valence-electron chi connectivity index (χ1n) is 6.97. The van der Waals surface area contributed by atoms with Crippen molar-refractivity contribution in [3.05, 3.63) is 54.1 Å². The van der Waals surface area contributed by atoms with Crippen molar-refractivity contribution in [2.75, 3.05) is 17.9 Å². The van der Waals surface area contributed by atoms with Crippen molar-refractivity contribution in [1.29, 1.82) is 0 Å². The molecule has 1 saturated heterocycles. The average molecular weight is 319 g/mol. The molecule has 2 aromatic carbocycles. The molecule has 0 aliphatic carbocycles. The molecule has 22 heavy (non-hydrogen) atoms. The molecule has 1 aliphatic heterocycles. The van der Waals surface area contributed by atoms with Gasteiger partial charge in [-0.1, -0.05) is 24.3 Å². The summed E-state index contributed by atoms with van der Waals surface area (Å²) in [5.74, 6) is 0.501. The van der Waals surface area contributed by atoms with Crippen molar-refractivity contribution in [1.82, 2.24) is 0 Å². The van der Waals surface area contributed by atoms with Gasteiger partial charge < -0.3 is 9.47 Å². The first kappa shape index (κ1) is 14.9. The summed E-state index contributed by atoms with van der Waals surface area (Å²) in [6, 6.07) is 13.6. The first-order chi connectivity index (χ1) is 10.5. The van der Waals surface area contributed by atoms with Gasteiger partial charge in [-0.05, 0) is 36.8 Å². The minimum atomic E-state index is -3.64. The van der Waals surface area contributed by atoms with E-state index >= 15 is 0 Å². The Morgan fingerprint density at radius 3 is 2.64 bits per heavy atom. The van der Waals surface area contributed by atoms with Gasteiger partial charge in [-0.15, -0.1) is 0 Å². The number of hydrogen-bond acceptors (Lipinski definition) is 4. The fourth-order valence-corrected chi connectivity index (χ4v) is 3.08. The van der Waals surface area contributed by atoms with Crippen molar-refractivity contribution < 1.29 is 17.9 Å². The van der Waals surface area contributed by atoms with E-state index in [4.69, 9.17) is 9.47 Å². The summed E-state index contributed by atoms with van der Waals surface area (Å²) in [4.78, 5) is 0.216. The quantitative estimate of drug-likeness (QED) is 0.831. The van der Waals surface area contributed by atoms with E-state index in [9.17, 15) is 8.42 Å². The van der Waals surface area contributed by atoms with Gasteiger partial charge in [-0.3, -0.25) is 4.72 Å². The van der Waals surface area contributed by atoms with Crippen molar-refractivity contribution in [3.63, 3.8) is 0 Å². The predicted octanol–water partition coefficient (Wildman–Crippen LogP) is 2.57. The fraction of sp³-hybridized carbons (Fsp3) is 0.250. The Morgan fingerprint density at radius 1 is 1.23 bits per heavy atom. The Morgan fingerprint density at radius 2 is 1.95 bits per heavy atom. The lowest BCUT2D eigenvalue weighted by Crippen LogP contribution is -2.14. The Balaban J connectivity index is 1.85. The number of ether oxygens (including phenoxy) is 2. The number of epoxide rings is 1. The maximum atomic E-state index is 12.4. The van der Waals surface area contributed by atoms with Crippen molar-refractivity contribution in [2.24, 2.45) is 0 Å². The number of sulfonamides is 1. The van der Waals surface area contributed by atoms with Gasteiger partial charge in [0.15, 0.2) is 0 Å². The second-order valence-electron chi connectivity index (χ2n) is 5.18. The lowest BCUT2D eigenvalue weighted by atomic mass is 10.2. The average Bonchev–Trinajstić information content (AvgIpc) is 3.31. The molecule has 1 atom stereocenters. The van der Waals surface area contributed by atoms with Gasteiger partial charge in [0.1, 0.15) is 18.5 Å². The molecule has 1 unspecified atom stereocenters. The summed E-state index contributed by atoms with van der Waals surface area (Å²) in [6.45, 7) is 3.01. The molecule has 0 amide bonds. The summed E-state index contributed by atoms with van der Waals surface area (Å²) in [5, 5.41) is 0. The van der Waals surface area contributed by atoms with Crippen LogP contribution in [-0.4, -0.2) is 27.7 Å². The van der Waals surface area contributed by atoms with E-state index in [1.54, 1.807) is 42.5 Å². The van der Waals surface area contributed by atoms with Gasteiger partial charge in [0.25, 0.3) is 10.0 Å². The van der Waals surface area contributed by atoms with Gasteiger partial charge in [0.05, 0.1) is 17.2 Å². The van der Waals surface area contributed by atoms with E-state index in [0.717, 1.165) is 5.56 Å². The summed E-state index contributed by atoms with van der Waals surface area (Å²) in [5.41, 5.74) is 1.38. The molecule has 1 heterocycles. The van der Waals surface area contributed by atoms with Gasteiger partial charge in [-0.25, -0.2) is 8.42 Å². The molecular weight excluding hydrogens is 302 g/mol. The molecule has 1 aliphatic rings. The Hall–Kier alpha value is -2.05. The highest BCUT2D eigenvalue weighted by atomic mass is 32.2. The summed E-state index contributed by atoms with van der Waals surface area (Å²) < 4.78 is 38.2. The number of anilines is 1. The number of hydrogen-bond donors (Lipinski definition) is 1. The van der Waals surface area contributed by atoms with Crippen LogP contribution in [0, 0.1) is 6.92 Å². The zero-order chi connectivity index (χ0) is 15.6. The highest BCUT2D eigenvalue weighted by Gasteiger charge is 2.24. The maximum Gasteiger partial charge on any atom is 0.262 e. The second-order valence-corrected chi connectivity index (χ2v) is 6.87. The smallest absolute Gasteiger partial charge is 0.262 e. The second kappa shape index (κ2) is 5.98. The number of aryl methyl sites for hydroxylation is 1. The van der Waals surface area contributed by atoms with Gasteiger partial charge >= 0.3 is 0 Å². The summed E-state index contributed by atoms with van der Waals surface area (Å²) >= 11 is 0. The number of rotatable bonds is 6. The van der Waals surface area contributed by atoms with Crippen LogP contribution < -0.4 is 9.46 Å². The molecule has 5 nitrogen and oxygen atoms in total. The van der Waals surface area contributed by atoms with Crippen molar-refractivity contribution >= 4 is 15.7 Å². The number of benzene rings is 2. The van der Waals surface area contributed by atoms with E-state index < -0.39 is 10.0 Å². The van der Waals surface area contributed by atoms with Crippen LogP contribution in [0.4, 0.5) is 5.69 Å². The summed E-state index contributed by atoms with van der Waals surface area (Å²) in [6.07, 6.45) is 0.111. The lowest BCUT2D eigenvalue weighted by Gasteiger charge is -2.14. The zero-order valence-corrected chi connectivity index (χ0v) is 13.0. The molecule has 1 N–H and O–H groups in total. The summed E-state index contributed by atoms with van der Waals surface area (Å²) in [7, 11) is -3.64. The monoisotopic (exact) mass is 319 g/mol. The third kappa shape index (κ3) is 3.58. The first-order valence-corrected chi connectivity index (χ1v) is 8.46. The Labute approximate surface area is 129 Å². The van der Waals surface area contributed by atoms with Crippen LogP contribution >= 0.6 is 0 Å². The minimum absolute atomic E-state index is 0.111. The molecule has 0 spiro atoms. The van der Waals surface area contributed by atoms with E-state index in [-0.39, 0.29) is 11.0 Å². The van der Waals surface area contributed by atoms with Crippen molar-refractivity contribution in [2.45, 2.75) is 17.9 Å². The molecule has 3 rings (SSSR count). The molecule has 6 heteroatoms. The van der Waals surface area contributed by atoms with Gasteiger partial charge in [0, 0.05) is 0 Å². The van der Waals surface area contributed by atoms with Gasteiger partial charge in [-0.2, -0.15) is 0 Å². The standard InChI is InChI=1S/C16H17NO4S/c1-12-7-8-16(21-11-13-10-20-13)15(9-12)17-22(18,19)14-5-3-2-4-6-14/h2-9,13,17H,10-11H2,1H3. The van der Waals surface area contributed by atoms with Crippen molar-refractivity contribution in [3.8, 4) is 5.75 Å². The van der Waals surface area contributed by atoms with Crippen LogP contribution in [0.25, 0.3) is 0 Å². The molecule has 2 aromatic rings. The van der Waals surface area contributed by atoms with E-state index in [1.165, 1.54) is 0 Å².